The van der Waals surface area contributed by atoms with E-state index in [1.807, 2.05) is 17.0 Å². The lowest BCUT2D eigenvalue weighted by atomic mass is 10.0. The van der Waals surface area contributed by atoms with E-state index in [1.54, 1.807) is 41.0 Å². The number of esters is 1. The number of amides is 1. The Bertz CT molecular complexity index is 799. The van der Waals surface area contributed by atoms with Crippen molar-refractivity contribution in [3.63, 3.8) is 0 Å². The molecular weight excluding hydrogens is 356 g/mol. The normalized spacial score (nSPS) is 16.3. The van der Waals surface area contributed by atoms with Gasteiger partial charge in [-0.2, -0.15) is 0 Å². The maximum Gasteiger partial charge on any atom is 0.327 e. The van der Waals surface area contributed by atoms with Crippen LogP contribution in [0.2, 0.25) is 5.02 Å². The van der Waals surface area contributed by atoms with Gasteiger partial charge in [-0.15, -0.1) is 0 Å². The number of halogens is 1. The number of carbonyl (C=O) groups excluding carboxylic acids is 2. The van der Waals surface area contributed by atoms with Gasteiger partial charge in [-0.05, 0) is 17.7 Å². The fourth-order valence-corrected chi connectivity index (χ4v) is 3.38. The summed E-state index contributed by atoms with van der Waals surface area (Å²) in [6, 6.07) is 6.68. The number of carbonyl (C=O) groups is 2. The molecule has 1 saturated heterocycles. The van der Waals surface area contributed by atoms with Crippen molar-refractivity contribution in [3.05, 3.63) is 53.1 Å². The minimum atomic E-state index is -0.538. The van der Waals surface area contributed by atoms with Crippen LogP contribution in [0.5, 0.6) is 0 Å². The SMILES string of the molecule is COC(=O)[C@@H](c1cccc(Cl)c1)N1CCN(C(=O)c2nccn2C)CC1. The highest BCUT2D eigenvalue weighted by atomic mass is 35.5. The Balaban J connectivity index is 1.73. The third kappa shape index (κ3) is 3.73. The van der Waals surface area contributed by atoms with Crippen LogP contribution in [0.4, 0.5) is 0 Å². The van der Waals surface area contributed by atoms with Crippen molar-refractivity contribution in [2.45, 2.75) is 6.04 Å². The van der Waals surface area contributed by atoms with Crippen LogP contribution in [0.3, 0.4) is 0 Å². The molecule has 0 saturated carbocycles. The standard InChI is InChI=1S/C18H21ClN4O3/c1-21-7-6-20-16(21)17(24)23-10-8-22(9-11-23)15(18(25)26-2)13-4-3-5-14(19)12-13/h3-7,12,15H,8-11H2,1-2H3/t15-/m1/s1. The predicted molar refractivity (Wildman–Crippen MR) is 96.9 cm³/mol. The van der Waals surface area contributed by atoms with Crippen LogP contribution in [-0.4, -0.2) is 64.5 Å². The van der Waals surface area contributed by atoms with Gasteiger partial charge in [0.15, 0.2) is 5.82 Å². The molecule has 1 fully saturated rings. The number of piperazine rings is 1. The molecule has 0 spiro atoms. The smallest absolute Gasteiger partial charge is 0.327 e. The van der Waals surface area contributed by atoms with Crippen molar-refractivity contribution in [1.29, 1.82) is 0 Å². The summed E-state index contributed by atoms with van der Waals surface area (Å²) in [6.45, 7) is 2.14. The summed E-state index contributed by atoms with van der Waals surface area (Å²) in [4.78, 5) is 32.8. The van der Waals surface area contributed by atoms with Crippen molar-refractivity contribution in [1.82, 2.24) is 19.4 Å². The van der Waals surface area contributed by atoms with Crippen molar-refractivity contribution < 1.29 is 14.3 Å². The molecule has 1 aliphatic rings. The third-order valence-electron chi connectivity index (χ3n) is 4.57. The van der Waals surface area contributed by atoms with Crippen LogP contribution in [0.1, 0.15) is 22.2 Å². The lowest BCUT2D eigenvalue weighted by molar-refractivity contribution is -0.148. The molecule has 1 aromatic heterocycles. The fourth-order valence-electron chi connectivity index (χ4n) is 3.18. The Hall–Kier alpha value is -2.38. The first-order valence-corrected chi connectivity index (χ1v) is 8.73. The largest absolute Gasteiger partial charge is 0.468 e. The quantitative estimate of drug-likeness (QED) is 0.760. The first-order chi connectivity index (χ1) is 12.5. The van der Waals surface area contributed by atoms with E-state index in [4.69, 9.17) is 16.3 Å². The molecule has 0 N–H and O–H groups in total. The summed E-state index contributed by atoms with van der Waals surface area (Å²) in [5.41, 5.74) is 0.785. The first kappa shape index (κ1) is 18.4. The van der Waals surface area contributed by atoms with Gasteiger partial charge < -0.3 is 14.2 Å². The highest BCUT2D eigenvalue weighted by Gasteiger charge is 2.33. The van der Waals surface area contributed by atoms with Gasteiger partial charge in [0.1, 0.15) is 6.04 Å². The van der Waals surface area contributed by atoms with Gasteiger partial charge in [0.25, 0.3) is 5.91 Å². The van der Waals surface area contributed by atoms with Crippen LogP contribution in [0.25, 0.3) is 0 Å². The first-order valence-electron chi connectivity index (χ1n) is 8.35. The predicted octanol–water partition coefficient (Wildman–Crippen LogP) is 1.75. The van der Waals surface area contributed by atoms with Crippen LogP contribution in [0.15, 0.2) is 36.7 Å². The van der Waals surface area contributed by atoms with E-state index in [0.29, 0.717) is 37.0 Å². The van der Waals surface area contributed by atoms with Gasteiger partial charge in [-0.3, -0.25) is 9.69 Å². The van der Waals surface area contributed by atoms with Crippen molar-refractivity contribution in [3.8, 4) is 0 Å². The number of imidazole rings is 1. The number of rotatable bonds is 4. The van der Waals surface area contributed by atoms with E-state index in [1.165, 1.54) is 7.11 Å². The summed E-state index contributed by atoms with van der Waals surface area (Å²) >= 11 is 6.08. The van der Waals surface area contributed by atoms with Gasteiger partial charge in [-0.25, -0.2) is 9.78 Å². The molecule has 0 radical (unpaired) electrons. The molecule has 1 aromatic carbocycles. The van der Waals surface area contributed by atoms with Gasteiger partial charge in [0.2, 0.25) is 0 Å². The topological polar surface area (TPSA) is 67.7 Å². The number of ether oxygens (including phenoxy) is 1. The second kappa shape index (κ2) is 7.88. The average molecular weight is 377 g/mol. The Morgan fingerprint density at radius 3 is 2.54 bits per heavy atom. The Labute approximate surface area is 157 Å². The molecule has 138 valence electrons. The van der Waals surface area contributed by atoms with E-state index >= 15 is 0 Å². The molecule has 2 heterocycles. The number of benzene rings is 1. The summed E-state index contributed by atoms with van der Waals surface area (Å²) in [5, 5.41) is 0.569. The number of methoxy groups -OCH3 is 1. The summed E-state index contributed by atoms with van der Waals surface area (Å²) in [5.74, 6) is -0.0246. The monoisotopic (exact) mass is 376 g/mol. The molecule has 7 nitrogen and oxygen atoms in total. The van der Waals surface area contributed by atoms with E-state index in [9.17, 15) is 9.59 Å². The summed E-state index contributed by atoms with van der Waals surface area (Å²) in [7, 11) is 3.17. The molecular formula is C18H21ClN4O3. The van der Waals surface area contributed by atoms with Gasteiger partial charge in [0.05, 0.1) is 7.11 Å². The van der Waals surface area contributed by atoms with E-state index < -0.39 is 6.04 Å². The Morgan fingerprint density at radius 1 is 1.23 bits per heavy atom. The molecule has 0 unspecified atom stereocenters. The van der Waals surface area contributed by atoms with Crippen LogP contribution >= 0.6 is 11.6 Å². The molecule has 1 atom stereocenters. The van der Waals surface area contributed by atoms with E-state index in [0.717, 1.165) is 5.56 Å². The number of aryl methyl sites for hydroxylation is 1. The second-order valence-electron chi connectivity index (χ2n) is 6.17. The highest BCUT2D eigenvalue weighted by Crippen LogP contribution is 2.26. The second-order valence-corrected chi connectivity index (χ2v) is 6.61. The maximum absolute atomic E-state index is 12.6. The van der Waals surface area contributed by atoms with E-state index in [-0.39, 0.29) is 11.9 Å². The van der Waals surface area contributed by atoms with Crippen molar-refractivity contribution in [2.75, 3.05) is 33.3 Å². The van der Waals surface area contributed by atoms with Crippen LogP contribution < -0.4 is 0 Å². The van der Waals surface area contributed by atoms with Crippen molar-refractivity contribution >= 4 is 23.5 Å². The fraction of sp³-hybridized carbons (Fsp3) is 0.389. The van der Waals surface area contributed by atoms with E-state index in [2.05, 4.69) is 4.98 Å². The summed E-state index contributed by atoms with van der Waals surface area (Å²) in [6.07, 6.45) is 3.35. The van der Waals surface area contributed by atoms with Gasteiger partial charge in [-0.1, -0.05) is 23.7 Å². The van der Waals surface area contributed by atoms with Gasteiger partial charge >= 0.3 is 5.97 Å². The number of hydrogen-bond donors (Lipinski definition) is 0. The zero-order valence-electron chi connectivity index (χ0n) is 14.8. The van der Waals surface area contributed by atoms with Gasteiger partial charge in [0, 0.05) is 50.6 Å². The molecule has 26 heavy (non-hydrogen) atoms. The zero-order chi connectivity index (χ0) is 18.7. The number of nitrogens with zero attached hydrogens (tertiary/aromatic N) is 4. The molecule has 0 aliphatic carbocycles. The molecule has 0 bridgehead atoms. The zero-order valence-corrected chi connectivity index (χ0v) is 15.5. The minimum Gasteiger partial charge on any atom is -0.468 e. The molecule has 1 aliphatic heterocycles. The third-order valence-corrected chi connectivity index (χ3v) is 4.80. The molecule has 8 heteroatoms. The Morgan fingerprint density at radius 2 is 1.96 bits per heavy atom. The average Bonchev–Trinajstić information content (AvgIpc) is 3.08. The van der Waals surface area contributed by atoms with Crippen molar-refractivity contribution in [2.24, 2.45) is 7.05 Å². The highest BCUT2D eigenvalue weighted by molar-refractivity contribution is 6.30. The Kier molecular flexibility index (Phi) is 5.58. The number of hydrogen-bond acceptors (Lipinski definition) is 5. The lowest BCUT2D eigenvalue weighted by Crippen LogP contribution is -2.51. The van der Waals surface area contributed by atoms with Crippen LogP contribution in [-0.2, 0) is 16.6 Å². The molecule has 2 aromatic rings. The van der Waals surface area contributed by atoms with Crippen LogP contribution in [0, 0.1) is 0 Å². The lowest BCUT2D eigenvalue weighted by Gasteiger charge is -2.38. The molecule has 3 rings (SSSR count). The molecule has 1 amide bonds. The maximum atomic E-state index is 12.6. The number of aromatic nitrogens is 2. The summed E-state index contributed by atoms with van der Waals surface area (Å²) < 4.78 is 6.70. The minimum absolute atomic E-state index is 0.102.